The lowest BCUT2D eigenvalue weighted by Crippen LogP contribution is -2.50. The third-order valence-corrected chi connectivity index (χ3v) is 2.69. The SMILES string of the molecule is CN(CC1(O)CCOCC1)C(=O)NCC(=O)O. The molecule has 0 saturated carbocycles. The Balaban J connectivity index is 2.38. The number of aliphatic carboxylic acids is 1. The summed E-state index contributed by atoms with van der Waals surface area (Å²) in [7, 11) is 1.52. The molecular formula is C10H18N2O5. The minimum Gasteiger partial charge on any atom is -0.480 e. The van der Waals surface area contributed by atoms with Crippen LogP contribution >= 0.6 is 0 Å². The van der Waals surface area contributed by atoms with Crippen LogP contribution in [-0.4, -0.2) is 66.1 Å². The molecule has 1 aliphatic rings. The molecule has 98 valence electrons. The van der Waals surface area contributed by atoms with Crippen molar-refractivity contribution in [1.82, 2.24) is 10.2 Å². The van der Waals surface area contributed by atoms with E-state index in [2.05, 4.69) is 5.32 Å². The number of nitrogens with one attached hydrogen (secondary N) is 1. The van der Waals surface area contributed by atoms with Crippen LogP contribution in [0.1, 0.15) is 12.8 Å². The summed E-state index contributed by atoms with van der Waals surface area (Å²) in [6.07, 6.45) is 0.951. The second-order valence-electron chi connectivity index (χ2n) is 4.25. The van der Waals surface area contributed by atoms with Gasteiger partial charge in [-0.1, -0.05) is 0 Å². The number of carboxylic acids is 1. The number of carbonyl (C=O) groups excluding carboxylic acids is 1. The Labute approximate surface area is 99.4 Å². The lowest BCUT2D eigenvalue weighted by Gasteiger charge is -2.35. The van der Waals surface area contributed by atoms with Gasteiger partial charge in [-0.05, 0) is 0 Å². The average molecular weight is 246 g/mol. The number of carbonyl (C=O) groups is 2. The molecule has 0 aromatic rings. The third-order valence-electron chi connectivity index (χ3n) is 2.69. The molecule has 1 heterocycles. The quantitative estimate of drug-likeness (QED) is 0.606. The molecular weight excluding hydrogens is 228 g/mol. The normalized spacial score (nSPS) is 18.5. The third kappa shape index (κ3) is 4.58. The van der Waals surface area contributed by atoms with Crippen molar-refractivity contribution in [2.75, 3.05) is 33.4 Å². The maximum absolute atomic E-state index is 11.5. The van der Waals surface area contributed by atoms with Gasteiger partial charge in [0.2, 0.25) is 0 Å². The van der Waals surface area contributed by atoms with E-state index in [9.17, 15) is 14.7 Å². The number of amides is 2. The van der Waals surface area contributed by atoms with E-state index in [-0.39, 0.29) is 6.54 Å². The van der Waals surface area contributed by atoms with Gasteiger partial charge in [-0.2, -0.15) is 0 Å². The fourth-order valence-electron chi connectivity index (χ4n) is 1.71. The van der Waals surface area contributed by atoms with Gasteiger partial charge in [0.15, 0.2) is 0 Å². The number of ether oxygens (including phenoxy) is 1. The monoisotopic (exact) mass is 246 g/mol. The summed E-state index contributed by atoms with van der Waals surface area (Å²) >= 11 is 0. The van der Waals surface area contributed by atoms with Gasteiger partial charge in [0, 0.05) is 33.1 Å². The highest BCUT2D eigenvalue weighted by molar-refractivity contribution is 5.79. The zero-order valence-electron chi connectivity index (χ0n) is 9.81. The van der Waals surface area contributed by atoms with Crippen molar-refractivity contribution in [3.63, 3.8) is 0 Å². The number of carboxylic acid groups (broad SMARTS) is 1. The lowest BCUT2D eigenvalue weighted by atomic mass is 9.94. The summed E-state index contributed by atoms with van der Waals surface area (Å²) in [5.74, 6) is -1.10. The first kappa shape index (κ1) is 13.7. The van der Waals surface area contributed by atoms with Crippen LogP contribution in [0, 0.1) is 0 Å². The van der Waals surface area contributed by atoms with Crippen LogP contribution in [-0.2, 0) is 9.53 Å². The van der Waals surface area contributed by atoms with Crippen LogP contribution in [0.2, 0.25) is 0 Å². The van der Waals surface area contributed by atoms with Crippen molar-refractivity contribution in [1.29, 1.82) is 0 Å². The van der Waals surface area contributed by atoms with E-state index in [0.29, 0.717) is 26.1 Å². The van der Waals surface area contributed by atoms with Crippen molar-refractivity contribution in [3.8, 4) is 0 Å². The largest absolute Gasteiger partial charge is 0.480 e. The minimum absolute atomic E-state index is 0.168. The van der Waals surface area contributed by atoms with Crippen LogP contribution in [0.5, 0.6) is 0 Å². The molecule has 0 unspecified atom stereocenters. The summed E-state index contributed by atoms with van der Waals surface area (Å²) in [6.45, 7) is 0.689. The van der Waals surface area contributed by atoms with Gasteiger partial charge < -0.3 is 25.2 Å². The van der Waals surface area contributed by atoms with Crippen LogP contribution < -0.4 is 5.32 Å². The highest BCUT2D eigenvalue weighted by atomic mass is 16.5. The van der Waals surface area contributed by atoms with Gasteiger partial charge >= 0.3 is 12.0 Å². The van der Waals surface area contributed by atoms with Crippen molar-refractivity contribution >= 4 is 12.0 Å². The van der Waals surface area contributed by atoms with Crippen molar-refractivity contribution in [2.24, 2.45) is 0 Å². The van der Waals surface area contributed by atoms with E-state index in [1.165, 1.54) is 11.9 Å². The summed E-state index contributed by atoms with van der Waals surface area (Å²) in [6, 6.07) is -0.507. The molecule has 0 aromatic carbocycles. The predicted molar refractivity (Wildman–Crippen MR) is 58.7 cm³/mol. The molecule has 3 N–H and O–H groups in total. The van der Waals surface area contributed by atoms with Gasteiger partial charge in [0.25, 0.3) is 0 Å². The molecule has 1 fully saturated rings. The molecule has 0 aromatic heterocycles. The van der Waals surface area contributed by atoms with Gasteiger partial charge in [-0.3, -0.25) is 4.79 Å². The molecule has 7 nitrogen and oxygen atoms in total. The van der Waals surface area contributed by atoms with Crippen molar-refractivity contribution < 1.29 is 24.5 Å². The first-order valence-electron chi connectivity index (χ1n) is 5.44. The van der Waals surface area contributed by atoms with E-state index < -0.39 is 24.1 Å². The van der Waals surface area contributed by atoms with Crippen LogP contribution in [0.3, 0.4) is 0 Å². The number of nitrogens with zero attached hydrogens (tertiary/aromatic N) is 1. The van der Waals surface area contributed by atoms with Gasteiger partial charge in [-0.15, -0.1) is 0 Å². The molecule has 7 heteroatoms. The maximum Gasteiger partial charge on any atom is 0.323 e. The van der Waals surface area contributed by atoms with E-state index >= 15 is 0 Å². The molecule has 0 spiro atoms. The van der Waals surface area contributed by atoms with Crippen LogP contribution in [0.25, 0.3) is 0 Å². The minimum atomic E-state index is -1.10. The summed E-state index contributed by atoms with van der Waals surface area (Å²) in [4.78, 5) is 23.0. The zero-order valence-corrected chi connectivity index (χ0v) is 9.81. The Morgan fingerprint density at radius 3 is 2.53 bits per heavy atom. The second-order valence-corrected chi connectivity index (χ2v) is 4.25. The maximum atomic E-state index is 11.5. The van der Waals surface area contributed by atoms with E-state index in [1.54, 1.807) is 0 Å². The number of aliphatic hydroxyl groups is 1. The summed E-state index contributed by atoms with van der Waals surface area (Å²) in [5, 5.41) is 20.8. The Morgan fingerprint density at radius 2 is 2.00 bits per heavy atom. The lowest BCUT2D eigenvalue weighted by molar-refractivity contribution is -0.135. The number of urea groups is 1. The first-order chi connectivity index (χ1) is 7.93. The number of hydrogen-bond acceptors (Lipinski definition) is 4. The fraction of sp³-hybridized carbons (Fsp3) is 0.800. The Hall–Kier alpha value is -1.34. The van der Waals surface area contributed by atoms with Gasteiger partial charge in [0.1, 0.15) is 6.54 Å². The smallest absolute Gasteiger partial charge is 0.323 e. The summed E-state index contributed by atoms with van der Waals surface area (Å²) < 4.78 is 5.13. The average Bonchev–Trinajstić information content (AvgIpc) is 2.26. The molecule has 1 rings (SSSR count). The van der Waals surface area contributed by atoms with Gasteiger partial charge in [0.05, 0.1) is 12.1 Å². The highest BCUT2D eigenvalue weighted by Crippen LogP contribution is 2.21. The molecule has 0 bridgehead atoms. The van der Waals surface area contributed by atoms with Crippen molar-refractivity contribution in [3.05, 3.63) is 0 Å². The molecule has 0 atom stereocenters. The van der Waals surface area contributed by atoms with Crippen LogP contribution in [0.15, 0.2) is 0 Å². The van der Waals surface area contributed by atoms with Gasteiger partial charge in [-0.25, -0.2) is 4.79 Å². The topological polar surface area (TPSA) is 99.1 Å². The molecule has 0 radical (unpaired) electrons. The highest BCUT2D eigenvalue weighted by Gasteiger charge is 2.32. The first-order valence-corrected chi connectivity index (χ1v) is 5.44. The molecule has 17 heavy (non-hydrogen) atoms. The van der Waals surface area contributed by atoms with E-state index in [4.69, 9.17) is 9.84 Å². The summed E-state index contributed by atoms with van der Waals surface area (Å²) in [5.41, 5.74) is -0.937. The van der Waals surface area contributed by atoms with E-state index in [1.807, 2.05) is 0 Å². The fourth-order valence-corrected chi connectivity index (χ4v) is 1.71. The van der Waals surface area contributed by atoms with E-state index in [0.717, 1.165) is 0 Å². The standard InChI is InChI=1S/C10H18N2O5/c1-12(9(15)11-6-8(13)14)7-10(16)2-4-17-5-3-10/h16H,2-7H2,1H3,(H,11,15)(H,13,14). The number of rotatable bonds is 4. The molecule has 2 amide bonds. The molecule has 0 aliphatic carbocycles. The Bertz CT molecular complexity index is 288. The molecule has 1 aliphatic heterocycles. The second kappa shape index (κ2) is 5.83. The van der Waals surface area contributed by atoms with Crippen LogP contribution in [0.4, 0.5) is 4.79 Å². The number of hydrogen-bond donors (Lipinski definition) is 3. The Kier molecular flexibility index (Phi) is 4.71. The van der Waals surface area contributed by atoms with Crippen molar-refractivity contribution in [2.45, 2.75) is 18.4 Å². The Morgan fingerprint density at radius 1 is 1.41 bits per heavy atom. The predicted octanol–water partition coefficient (Wildman–Crippen LogP) is -0.746. The number of likely N-dealkylation sites (N-methyl/N-ethyl adjacent to an activating group) is 1. The molecule has 1 saturated heterocycles. The zero-order chi connectivity index (χ0) is 12.9.